The predicted molar refractivity (Wildman–Crippen MR) is 106 cm³/mol. The van der Waals surface area contributed by atoms with Crippen LogP contribution in [0.25, 0.3) is 0 Å². The molecule has 6 heteroatoms. The number of aromatic nitrogens is 2. The first kappa shape index (κ1) is 17.9. The van der Waals surface area contributed by atoms with Crippen LogP contribution in [0.3, 0.4) is 0 Å². The van der Waals surface area contributed by atoms with Gasteiger partial charge in [0.05, 0.1) is 0 Å². The Labute approximate surface area is 157 Å². The van der Waals surface area contributed by atoms with E-state index in [2.05, 4.69) is 15.3 Å². The maximum atomic E-state index is 13.0. The number of carbonyl (C=O) groups is 1. The zero-order valence-corrected chi connectivity index (χ0v) is 15.5. The van der Waals surface area contributed by atoms with E-state index in [1.807, 2.05) is 68.4 Å². The van der Waals surface area contributed by atoms with Crippen LogP contribution in [0.15, 0.2) is 65.8 Å². The van der Waals surface area contributed by atoms with Gasteiger partial charge in [-0.05, 0) is 31.5 Å². The second-order valence-electron chi connectivity index (χ2n) is 5.98. The van der Waals surface area contributed by atoms with Crippen molar-refractivity contribution in [1.29, 1.82) is 0 Å². The third kappa shape index (κ3) is 4.61. The smallest absolute Gasteiger partial charge is 0.242 e. The van der Waals surface area contributed by atoms with Gasteiger partial charge in [-0.1, -0.05) is 59.8 Å². The molecule has 1 amide bonds. The molecule has 0 radical (unpaired) electrons. The Morgan fingerprint density at radius 1 is 1.04 bits per heavy atom. The van der Waals surface area contributed by atoms with Crippen molar-refractivity contribution >= 4 is 29.2 Å². The summed E-state index contributed by atoms with van der Waals surface area (Å²) in [4.78, 5) is 21.6. The van der Waals surface area contributed by atoms with Crippen molar-refractivity contribution < 1.29 is 4.79 Å². The molecule has 0 aliphatic carbocycles. The van der Waals surface area contributed by atoms with E-state index in [4.69, 9.17) is 5.73 Å². The van der Waals surface area contributed by atoms with Gasteiger partial charge in [0.15, 0.2) is 5.16 Å². The third-order valence-electron chi connectivity index (χ3n) is 3.74. The van der Waals surface area contributed by atoms with Gasteiger partial charge in [0.1, 0.15) is 11.1 Å². The summed E-state index contributed by atoms with van der Waals surface area (Å²) in [6.07, 6.45) is 0. The molecule has 0 saturated heterocycles. The first-order valence-corrected chi connectivity index (χ1v) is 9.09. The number of anilines is 2. The van der Waals surface area contributed by atoms with Gasteiger partial charge in [-0.2, -0.15) is 0 Å². The average Bonchev–Trinajstić information content (AvgIpc) is 2.61. The predicted octanol–water partition coefficient (Wildman–Crippen LogP) is 4.15. The second-order valence-corrected chi connectivity index (χ2v) is 7.05. The standard InChI is InChI=1S/C20H20N4OS/c1-13-8-10-16(11-9-13)23-19(25)18(15-6-4-3-5-7-15)26-20-22-14(2)12-17(21)24-20/h3-12,18H,1-2H3,(H,23,25)(H2,21,22,24)/t18-/m0/s1. The molecule has 3 aromatic rings. The lowest BCUT2D eigenvalue weighted by molar-refractivity contribution is -0.115. The van der Waals surface area contributed by atoms with E-state index in [-0.39, 0.29) is 5.91 Å². The molecular formula is C20H20N4OS. The van der Waals surface area contributed by atoms with Crippen LogP contribution in [0.4, 0.5) is 11.5 Å². The van der Waals surface area contributed by atoms with E-state index in [9.17, 15) is 4.79 Å². The fraction of sp³-hybridized carbons (Fsp3) is 0.150. The fourth-order valence-electron chi connectivity index (χ4n) is 2.47. The van der Waals surface area contributed by atoms with E-state index in [1.54, 1.807) is 6.07 Å². The molecule has 2 aromatic carbocycles. The Morgan fingerprint density at radius 3 is 2.38 bits per heavy atom. The highest BCUT2D eigenvalue weighted by Gasteiger charge is 2.23. The van der Waals surface area contributed by atoms with Crippen LogP contribution >= 0.6 is 11.8 Å². The maximum absolute atomic E-state index is 13.0. The minimum Gasteiger partial charge on any atom is -0.384 e. The van der Waals surface area contributed by atoms with Gasteiger partial charge in [-0.15, -0.1) is 0 Å². The third-order valence-corrected chi connectivity index (χ3v) is 4.85. The van der Waals surface area contributed by atoms with Crippen LogP contribution in [0, 0.1) is 13.8 Å². The Hall–Kier alpha value is -2.86. The molecule has 0 aliphatic rings. The monoisotopic (exact) mass is 364 g/mol. The summed E-state index contributed by atoms with van der Waals surface area (Å²) >= 11 is 1.29. The summed E-state index contributed by atoms with van der Waals surface area (Å²) in [6.45, 7) is 3.86. The van der Waals surface area contributed by atoms with Crippen LogP contribution in [-0.2, 0) is 4.79 Å². The summed E-state index contributed by atoms with van der Waals surface area (Å²) in [5.41, 5.74) is 9.37. The Balaban J connectivity index is 1.87. The van der Waals surface area contributed by atoms with Gasteiger partial charge in [0, 0.05) is 17.4 Å². The Bertz CT molecular complexity index is 877. The number of benzene rings is 2. The highest BCUT2D eigenvalue weighted by molar-refractivity contribution is 8.00. The molecule has 5 nitrogen and oxygen atoms in total. The van der Waals surface area contributed by atoms with Crippen LogP contribution in [0.5, 0.6) is 0 Å². The molecule has 0 saturated carbocycles. The number of nitrogens with two attached hydrogens (primary N) is 1. The molecule has 3 N–H and O–H groups in total. The van der Waals surface area contributed by atoms with Crippen molar-refractivity contribution in [3.8, 4) is 0 Å². The van der Waals surface area contributed by atoms with Gasteiger partial charge in [-0.3, -0.25) is 4.79 Å². The van der Waals surface area contributed by atoms with Gasteiger partial charge in [0.2, 0.25) is 5.91 Å². The number of rotatable bonds is 5. The zero-order chi connectivity index (χ0) is 18.5. The molecule has 1 aromatic heterocycles. The largest absolute Gasteiger partial charge is 0.384 e. The lowest BCUT2D eigenvalue weighted by Crippen LogP contribution is -2.19. The quantitative estimate of drug-likeness (QED) is 0.525. The molecule has 1 heterocycles. The fourth-order valence-corrected chi connectivity index (χ4v) is 3.49. The number of amides is 1. The molecule has 0 unspecified atom stereocenters. The molecule has 0 bridgehead atoms. The molecule has 132 valence electrons. The topological polar surface area (TPSA) is 80.9 Å². The molecule has 26 heavy (non-hydrogen) atoms. The van der Waals surface area contributed by atoms with Crippen molar-refractivity contribution in [3.63, 3.8) is 0 Å². The van der Waals surface area contributed by atoms with Gasteiger partial charge in [-0.25, -0.2) is 9.97 Å². The van der Waals surface area contributed by atoms with Crippen molar-refractivity contribution in [2.24, 2.45) is 0 Å². The highest BCUT2D eigenvalue weighted by atomic mass is 32.2. The number of aryl methyl sites for hydroxylation is 2. The first-order valence-electron chi connectivity index (χ1n) is 8.21. The summed E-state index contributed by atoms with van der Waals surface area (Å²) in [5, 5.41) is 2.97. The van der Waals surface area contributed by atoms with Crippen molar-refractivity contribution in [2.75, 3.05) is 11.1 Å². The minimum absolute atomic E-state index is 0.131. The molecule has 3 rings (SSSR count). The Kier molecular flexibility index (Phi) is 5.53. The number of hydrogen-bond acceptors (Lipinski definition) is 5. The van der Waals surface area contributed by atoms with Crippen molar-refractivity contribution in [2.45, 2.75) is 24.3 Å². The lowest BCUT2D eigenvalue weighted by atomic mass is 10.1. The van der Waals surface area contributed by atoms with Crippen molar-refractivity contribution in [3.05, 3.63) is 77.5 Å². The van der Waals surface area contributed by atoms with E-state index in [0.717, 1.165) is 22.5 Å². The molecule has 0 fully saturated rings. The molecule has 0 aliphatic heterocycles. The van der Waals surface area contributed by atoms with Gasteiger partial charge in [0.25, 0.3) is 0 Å². The van der Waals surface area contributed by atoms with Crippen molar-refractivity contribution in [1.82, 2.24) is 9.97 Å². The number of nitrogens with one attached hydrogen (secondary N) is 1. The van der Waals surface area contributed by atoms with Gasteiger partial charge < -0.3 is 11.1 Å². The van der Waals surface area contributed by atoms with E-state index < -0.39 is 5.25 Å². The molecule has 0 spiro atoms. The lowest BCUT2D eigenvalue weighted by Gasteiger charge is -2.16. The summed E-state index contributed by atoms with van der Waals surface area (Å²) in [5.74, 6) is 0.263. The van der Waals surface area contributed by atoms with Gasteiger partial charge >= 0.3 is 0 Å². The number of hydrogen-bond donors (Lipinski definition) is 2. The average molecular weight is 364 g/mol. The number of carbonyl (C=O) groups excluding carboxylic acids is 1. The summed E-state index contributed by atoms with van der Waals surface area (Å²) in [6, 6.07) is 19.0. The Morgan fingerprint density at radius 2 is 1.73 bits per heavy atom. The number of thioether (sulfide) groups is 1. The van der Waals surface area contributed by atoms with E-state index >= 15 is 0 Å². The summed E-state index contributed by atoms with van der Waals surface area (Å²) in [7, 11) is 0. The van der Waals surface area contributed by atoms with Crippen LogP contribution in [0.1, 0.15) is 22.1 Å². The molecule has 1 atom stereocenters. The highest BCUT2D eigenvalue weighted by Crippen LogP contribution is 2.34. The second kappa shape index (κ2) is 8.01. The zero-order valence-electron chi connectivity index (χ0n) is 14.6. The first-order chi connectivity index (χ1) is 12.5. The normalized spacial score (nSPS) is 11.8. The summed E-state index contributed by atoms with van der Waals surface area (Å²) < 4.78 is 0. The van der Waals surface area contributed by atoms with Crippen LogP contribution < -0.4 is 11.1 Å². The van der Waals surface area contributed by atoms with E-state index in [0.29, 0.717) is 11.0 Å². The molecular weight excluding hydrogens is 344 g/mol. The van der Waals surface area contributed by atoms with Crippen LogP contribution in [-0.4, -0.2) is 15.9 Å². The number of nitrogen functional groups attached to an aromatic ring is 1. The maximum Gasteiger partial charge on any atom is 0.242 e. The van der Waals surface area contributed by atoms with E-state index in [1.165, 1.54) is 11.8 Å². The minimum atomic E-state index is -0.487. The number of nitrogens with zero attached hydrogens (tertiary/aromatic N) is 2. The SMILES string of the molecule is Cc1ccc(NC(=O)[C@@H](Sc2nc(C)cc(N)n2)c2ccccc2)cc1. The van der Waals surface area contributed by atoms with Crippen LogP contribution in [0.2, 0.25) is 0 Å².